The number of fused-ring (bicyclic) bond motifs is 1. The minimum atomic E-state index is -0.649. The summed E-state index contributed by atoms with van der Waals surface area (Å²) >= 11 is 0. The number of ketones is 1. The molecule has 1 N–H and O–H groups in total. The third-order valence-corrected chi connectivity index (χ3v) is 7.03. The van der Waals surface area contributed by atoms with Crippen LogP contribution >= 0.6 is 0 Å². The second-order valence-corrected chi connectivity index (χ2v) is 9.06. The molecule has 170 valence electrons. The van der Waals surface area contributed by atoms with E-state index < -0.39 is 17.7 Å². The summed E-state index contributed by atoms with van der Waals surface area (Å²) in [7, 11) is 3.48. The first-order valence-electron chi connectivity index (χ1n) is 11.4. The number of carbonyl (C=O) groups excluding carboxylic acids is 2. The zero-order chi connectivity index (χ0) is 23.3. The van der Waals surface area contributed by atoms with Gasteiger partial charge in [0.1, 0.15) is 11.5 Å². The third kappa shape index (κ3) is 3.32. The van der Waals surface area contributed by atoms with Gasteiger partial charge in [-0.15, -0.1) is 0 Å². The molecule has 2 aromatic carbocycles. The lowest BCUT2D eigenvalue weighted by Gasteiger charge is -2.30. The number of aryl methyl sites for hydroxylation is 2. The van der Waals surface area contributed by atoms with E-state index in [4.69, 9.17) is 4.74 Å². The van der Waals surface area contributed by atoms with E-state index in [9.17, 15) is 14.7 Å². The van der Waals surface area contributed by atoms with Crippen molar-refractivity contribution in [1.29, 1.82) is 0 Å². The second-order valence-electron chi connectivity index (χ2n) is 9.06. The number of para-hydroxylation sites is 1. The SMILES string of the molecule is COc1ccc(C)cc1/C(O)=C1\C(=O)C(=O)N(C2CCCC2)C1c1cn(C)c2ccccc12. The minimum absolute atomic E-state index is 0.0184. The highest BCUT2D eigenvalue weighted by atomic mass is 16.5. The molecule has 1 aliphatic carbocycles. The van der Waals surface area contributed by atoms with Crippen LogP contribution in [0.5, 0.6) is 5.75 Å². The number of ether oxygens (including phenoxy) is 1. The van der Waals surface area contributed by atoms with E-state index in [0.29, 0.717) is 11.3 Å². The van der Waals surface area contributed by atoms with Crippen LogP contribution in [-0.2, 0) is 16.6 Å². The molecule has 33 heavy (non-hydrogen) atoms. The molecule has 1 unspecified atom stereocenters. The van der Waals surface area contributed by atoms with Gasteiger partial charge in [0.15, 0.2) is 0 Å². The number of aliphatic hydroxyl groups is 1. The second kappa shape index (κ2) is 8.10. The van der Waals surface area contributed by atoms with E-state index in [2.05, 4.69) is 0 Å². The first kappa shape index (κ1) is 21.3. The monoisotopic (exact) mass is 444 g/mol. The van der Waals surface area contributed by atoms with Gasteiger partial charge in [0.05, 0.1) is 24.3 Å². The Morgan fingerprint density at radius 2 is 1.82 bits per heavy atom. The van der Waals surface area contributed by atoms with Crippen molar-refractivity contribution < 1.29 is 19.4 Å². The fourth-order valence-electron chi connectivity index (χ4n) is 5.46. The molecule has 0 bridgehead atoms. The van der Waals surface area contributed by atoms with Gasteiger partial charge in [0.25, 0.3) is 11.7 Å². The standard InChI is InChI=1S/C27H28N2O4/c1-16-12-13-22(33-3)19(14-16)25(30)23-24(20-15-28(2)21-11-7-6-10-18(20)21)29(27(32)26(23)31)17-8-4-5-9-17/h6-7,10-15,17,24,30H,4-5,8-9H2,1-3H3/b25-23+. The van der Waals surface area contributed by atoms with Crippen LogP contribution in [0.3, 0.4) is 0 Å². The van der Waals surface area contributed by atoms with Gasteiger partial charge >= 0.3 is 0 Å². The molecule has 1 atom stereocenters. The van der Waals surface area contributed by atoms with Gasteiger partial charge in [-0.3, -0.25) is 9.59 Å². The Morgan fingerprint density at radius 1 is 1.09 bits per heavy atom. The molecule has 1 aliphatic heterocycles. The molecule has 0 radical (unpaired) electrons. The molecule has 1 aromatic heterocycles. The summed E-state index contributed by atoms with van der Waals surface area (Å²) in [6, 6.07) is 12.7. The van der Waals surface area contributed by atoms with Crippen LogP contribution in [0, 0.1) is 6.92 Å². The lowest BCUT2D eigenvalue weighted by molar-refractivity contribution is -0.141. The minimum Gasteiger partial charge on any atom is -0.507 e. The number of hydrogen-bond donors (Lipinski definition) is 1. The Balaban J connectivity index is 1.79. The highest BCUT2D eigenvalue weighted by Gasteiger charge is 2.50. The van der Waals surface area contributed by atoms with Gasteiger partial charge in [-0.25, -0.2) is 0 Å². The van der Waals surface area contributed by atoms with Crippen molar-refractivity contribution in [3.63, 3.8) is 0 Å². The van der Waals surface area contributed by atoms with Crippen LogP contribution < -0.4 is 4.74 Å². The number of hydrogen-bond acceptors (Lipinski definition) is 4. The average molecular weight is 445 g/mol. The highest BCUT2D eigenvalue weighted by Crippen LogP contribution is 2.46. The van der Waals surface area contributed by atoms with Crippen LogP contribution in [0.25, 0.3) is 16.7 Å². The van der Waals surface area contributed by atoms with Crippen molar-refractivity contribution in [3.05, 3.63) is 70.9 Å². The zero-order valence-corrected chi connectivity index (χ0v) is 19.2. The molecule has 1 saturated carbocycles. The molecule has 2 fully saturated rings. The quantitative estimate of drug-likeness (QED) is 0.354. The summed E-state index contributed by atoms with van der Waals surface area (Å²) in [6.45, 7) is 1.91. The van der Waals surface area contributed by atoms with Gasteiger partial charge in [0, 0.05) is 35.8 Å². The normalized spacial score (nSPS) is 20.8. The number of aromatic nitrogens is 1. The Morgan fingerprint density at radius 3 is 2.55 bits per heavy atom. The summed E-state index contributed by atoms with van der Waals surface area (Å²) in [4.78, 5) is 28.5. The van der Waals surface area contributed by atoms with Crippen LogP contribution in [0.2, 0.25) is 0 Å². The number of likely N-dealkylation sites (tertiary alicyclic amines) is 1. The van der Waals surface area contributed by atoms with E-state index in [0.717, 1.165) is 47.7 Å². The maximum Gasteiger partial charge on any atom is 0.295 e. The number of Topliss-reactive ketones (excluding diaryl/α,β-unsaturated/α-hetero) is 1. The summed E-state index contributed by atoms with van der Waals surface area (Å²) in [5.41, 5.74) is 3.34. The zero-order valence-electron chi connectivity index (χ0n) is 19.2. The number of methoxy groups -OCH3 is 1. The van der Waals surface area contributed by atoms with Crippen molar-refractivity contribution >= 4 is 28.4 Å². The first-order chi connectivity index (χ1) is 15.9. The summed E-state index contributed by atoms with van der Waals surface area (Å²) in [5, 5.41) is 12.5. The third-order valence-electron chi connectivity index (χ3n) is 7.03. The predicted molar refractivity (Wildman–Crippen MR) is 127 cm³/mol. The van der Waals surface area contributed by atoms with E-state index in [1.165, 1.54) is 7.11 Å². The smallest absolute Gasteiger partial charge is 0.295 e. The van der Waals surface area contributed by atoms with Gasteiger partial charge in [-0.1, -0.05) is 42.7 Å². The number of carbonyl (C=O) groups is 2. The average Bonchev–Trinajstić information content (AvgIpc) is 3.52. The predicted octanol–water partition coefficient (Wildman–Crippen LogP) is 4.86. The Labute approximate surface area is 193 Å². The van der Waals surface area contributed by atoms with E-state index in [-0.39, 0.29) is 17.4 Å². The van der Waals surface area contributed by atoms with Crippen LogP contribution in [0.15, 0.2) is 54.2 Å². The molecule has 6 nitrogen and oxygen atoms in total. The summed E-state index contributed by atoms with van der Waals surface area (Å²) in [5.74, 6) is -0.900. The van der Waals surface area contributed by atoms with Crippen LogP contribution in [0.1, 0.15) is 48.4 Å². The van der Waals surface area contributed by atoms with Crippen molar-refractivity contribution in [2.75, 3.05) is 7.11 Å². The molecule has 2 aliphatic rings. The van der Waals surface area contributed by atoms with Crippen molar-refractivity contribution in [2.24, 2.45) is 7.05 Å². The number of aliphatic hydroxyl groups excluding tert-OH is 1. The molecule has 5 rings (SSSR count). The fourth-order valence-corrected chi connectivity index (χ4v) is 5.46. The summed E-state index contributed by atoms with van der Waals surface area (Å²) in [6.07, 6.45) is 5.76. The number of amides is 1. The Hall–Kier alpha value is -3.54. The van der Waals surface area contributed by atoms with Crippen LogP contribution in [0.4, 0.5) is 0 Å². The molecule has 2 heterocycles. The number of nitrogens with zero attached hydrogens (tertiary/aromatic N) is 2. The van der Waals surface area contributed by atoms with Crippen molar-refractivity contribution in [1.82, 2.24) is 9.47 Å². The number of rotatable bonds is 4. The fraction of sp³-hybridized carbons (Fsp3) is 0.333. The molecule has 1 amide bonds. The van der Waals surface area contributed by atoms with Crippen molar-refractivity contribution in [2.45, 2.75) is 44.7 Å². The molecule has 3 aromatic rings. The van der Waals surface area contributed by atoms with Gasteiger partial charge < -0.3 is 19.3 Å². The molecular formula is C27H28N2O4. The van der Waals surface area contributed by atoms with Crippen molar-refractivity contribution in [3.8, 4) is 5.75 Å². The lowest BCUT2D eigenvalue weighted by atomic mass is 9.93. The maximum absolute atomic E-state index is 13.4. The Kier molecular flexibility index (Phi) is 5.23. The van der Waals surface area contributed by atoms with E-state index in [1.807, 2.05) is 55.1 Å². The largest absolute Gasteiger partial charge is 0.507 e. The number of benzene rings is 2. The van der Waals surface area contributed by atoms with E-state index >= 15 is 0 Å². The van der Waals surface area contributed by atoms with Gasteiger partial charge in [-0.2, -0.15) is 0 Å². The summed E-state index contributed by atoms with van der Waals surface area (Å²) < 4.78 is 7.48. The topological polar surface area (TPSA) is 71.8 Å². The molecular weight excluding hydrogens is 416 g/mol. The van der Waals surface area contributed by atoms with Gasteiger partial charge in [0.2, 0.25) is 0 Å². The van der Waals surface area contributed by atoms with Crippen LogP contribution in [-0.4, -0.2) is 39.4 Å². The maximum atomic E-state index is 13.4. The molecule has 6 heteroatoms. The molecule has 0 spiro atoms. The lowest BCUT2D eigenvalue weighted by Crippen LogP contribution is -2.37. The van der Waals surface area contributed by atoms with E-state index in [1.54, 1.807) is 17.0 Å². The first-order valence-corrected chi connectivity index (χ1v) is 11.4. The highest BCUT2D eigenvalue weighted by molar-refractivity contribution is 6.47. The Bertz CT molecular complexity index is 1300. The molecule has 1 saturated heterocycles. The van der Waals surface area contributed by atoms with Gasteiger partial charge in [-0.05, 0) is 38.0 Å².